The SMILES string of the molecule is CC1(NCCCc2ccccc2N)CCS(=O)(=O)C1. The Morgan fingerprint density at radius 1 is 1.37 bits per heavy atom. The second-order valence-corrected chi connectivity index (χ2v) is 7.82. The number of sulfone groups is 1. The molecule has 0 aromatic heterocycles. The summed E-state index contributed by atoms with van der Waals surface area (Å²) in [6.07, 6.45) is 2.59. The van der Waals surface area contributed by atoms with E-state index in [0.29, 0.717) is 12.2 Å². The van der Waals surface area contributed by atoms with Crippen LogP contribution in [0.2, 0.25) is 0 Å². The maximum atomic E-state index is 11.5. The van der Waals surface area contributed by atoms with Crippen molar-refractivity contribution in [3.05, 3.63) is 29.8 Å². The summed E-state index contributed by atoms with van der Waals surface area (Å²) in [5.41, 5.74) is 7.63. The molecule has 19 heavy (non-hydrogen) atoms. The molecule has 0 radical (unpaired) electrons. The van der Waals surface area contributed by atoms with Crippen LogP contribution in [0.15, 0.2) is 24.3 Å². The van der Waals surface area contributed by atoms with Crippen LogP contribution < -0.4 is 11.1 Å². The number of benzene rings is 1. The molecule has 0 aliphatic carbocycles. The molecular formula is C14H22N2O2S. The normalized spacial score (nSPS) is 25.5. The van der Waals surface area contributed by atoms with E-state index in [2.05, 4.69) is 5.32 Å². The Morgan fingerprint density at radius 2 is 2.11 bits per heavy atom. The fourth-order valence-corrected chi connectivity index (χ4v) is 4.70. The highest BCUT2D eigenvalue weighted by Crippen LogP contribution is 2.22. The first kappa shape index (κ1) is 14.3. The summed E-state index contributed by atoms with van der Waals surface area (Å²) in [7, 11) is -2.83. The molecule has 5 heteroatoms. The van der Waals surface area contributed by atoms with E-state index in [0.717, 1.165) is 30.6 Å². The Labute approximate surface area is 115 Å². The van der Waals surface area contributed by atoms with Crippen LogP contribution in [0.4, 0.5) is 5.69 Å². The predicted octanol–water partition coefficient (Wildman–Crippen LogP) is 1.37. The Morgan fingerprint density at radius 3 is 2.74 bits per heavy atom. The number of nitrogens with two attached hydrogens (primary N) is 1. The Bertz CT molecular complexity index is 542. The Balaban J connectivity index is 1.77. The lowest BCUT2D eigenvalue weighted by Crippen LogP contribution is -2.43. The van der Waals surface area contributed by atoms with Crippen LogP contribution >= 0.6 is 0 Å². The van der Waals surface area contributed by atoms with Gasteiger partial charge in [-0.2, -0.15) is 0 Å². The number of para-hydroxylation sites is 1. The number of aryl methyl sites for hydroxylation is 1. The Kier molecular flexibility index (Phi) is 4.16. The molecule has 1 heterocycles. The number of hydrogen-bond donors (Lipinski definition) is 2. The first-order valence-corrected chi connectivity index (χ1v) is 8.51. The lowest BCUT2D eigenvalue weighted by molar-refractivity contribution is 0.395. The second-order valence-electron chi connectivity index (χ2n) is 5.63. The van der Waals surface area contributed by atoms with Gasteiger partial charge in [-0.25, -0.2) is 8.42 Å². The smallest absolute Gasteiger partial charge is 0.152 e. The fourth-order valence-electron chi connectivity index (χ4n) is 2.58. The van der Waals surface area contributed by atoms with E-state index in [1.165, 1.54) is 0 Å². The standard InChI is InChI=1S/C14H22N2O2S/c1-14(8-10-19(17,18)11-14)16-9-4-6-12-5-2-3-7-13(12)15/h2-3,5,7,16H,4,6,8-11,15H2,1H3. The van der Waals surface area contributed by atoms with Crippen molar-refractivity contribution in [2.45, 2.75) is 31.7 Å². The maximum absolute atomic E-state index is 11.5. The molecule has 4 nitrogen and oxygen atoms in total. The Hall–Kier alpha value is -1.07. The van der Waals surface area contributed by atoms with E-state index < -0.39 is 9.84 Å². The van der Waals surface area contributed by atoms with Crippen molar-refractivity contribution in [2.75, 3.05) is 23.8 Å². The van der Waals surface area contributed by atoms with Gasteiger partial charge in [0.05, 0.1) is 11.5 Å². The lowest BCUT2D eigenvalue weighted by atomic mass is 10.0. The van der Waals surface area contributed by atoms with Crippen molar-refractivity contribution in [2.24, 2.45) is 0 Å². The third-order valence-corrected chi connectivity index (χ3v) is 5.64. The zero-order valence-electron chi connectivity index (χ0n) is 11.4. The van der Waals surface area contributed by atoms with E-state index in [9.17, 15) is 8.42 Å². The number of nitrogen functional groups attached to an aromatic ring is 1. The van der Waals surface area contributed by atoms with E-state index in [4.69, 9.17) is 5.73 Å². The zero-order valence-corrected chi connectivity index (χ0v) is 12.2. The molecule has 2 rings (SSSR count). The van der Waals surface area contributed by atoms with Crippen LogP contribution in [0, 0.1) is 0 Å². The van der Waals surface area contributed by atoms with Gasteiger partial charge in [-0.3, -0.25) is 0 Å². The van der Waals surface area contributed by atoms with E-state index in [-0.39, 0.29) is 11.3 Å². The summed E-state index contributed by atoms with van der Waals surface area (Å²) >= 11 is 0. The molecule has 1 saturated heterocycles. The molecule has 1 aliphatic heterocycles. The van der Waals surface area contributed by atoms with Gasteiger partial charge in [0.1, 0.15) is 0 Å². The monoisotopic (exact) mass is 282 g/mol. The highest BCUT2D eigenvalue weighted by atomic mass is 32.2. The van der Waals surface area contributed by atoms with E-state index in [1.807, 2.05) is 31.2 Å². The van der Waals surface area contributed by atoms with Gasteiger partial charge in [0.25, 0.3) is 0 Å². The van der Waals surface area contributed by atoms with Crippen LogP contribution in [-0.2, 0) is 16.3 Å². The van der Waals surface area contributed by atoms with Gasteiger partial charge < -0.3 is 11.1 Å². The van der Waals surface area contributed by atoms with Crippen LogP contribution in [-0.4, -0.2) is 32.0 Å². The van der Waals surface area contributed by atoms with Crippen LogP contribution in [0.1, 0.15) is 25.3 Å². The minimum atomic E-state index is -2.83. The summed E-state index contributed by atoms with van der Waals surface area (Å²) in [4.78, 5) is 0. The minimum Gasteiger partial charge on any atom is -0.399 e. The van der Waals surface area contributed by atoms with Gasteiger partial charge in [0.15, 0.2) is 9.84 Å². The number of nitrogens with one attached hydrogen (secondary N) is 1. The molecule has 0 saturated carbocycles. The molecular weight excluding hydrogens is 260 g/mol. The highest BCUT2D eigenvalue weighted by Gasteiger charge is 2.37. The van der Waals surface area contributed by atoms with Gasteiger partial charge in [-0.1, -0.05) is 18.2 Å². The van der Waals surface area contributed by atoms with Crippen molar-refractivity contribution in [1.82, 2.24) is 5.32 Å². The van der Waals surface area contributed by atoms with Gasteiger partial charge in [-0.15, -0.1) is 0 Å². The largest absolute Gasteiger partial charge is 0.399 e. The predicted molar refractivity (Wildman–Crippen MR) is 78.9 cm³/mol. The molecule has 1 atom stereocenters. The summed E-state index contributed by atoms with van der Waals surface area (Å²) in [6, 6.07) is 7.87. The maximum Gasteiger partial charge on any atom is 0.152 e. The molecule has 0 bridgehead atoms. The number of rotatable bonds is 5. The molecule has 1 aromatic carbocycles. The highest BCUT2D eigenvalue weighted by molar-refractivity contribution is 7.91. The summed E-state index contributed by atoms with van der Waals surface area (Å²) in [6.45, 7) is 2.81. The third kappa shape index (κ3) is 3.94. The topological polar surface area (TPSA) is 72.2 Å². The molecule has 1 unspecified atom stereocenters. The van der Waals surface area contributed by atoms with Crippen molar-refractivity contribution in [3.63, 3.8) is 0 Å². The molecule has 1 aromatic rings. The summed E-state index contributed by atoms with van der Waals surface area (Å²) < 4.78 is 23.0. The van der Waals surface area contributed by atoms with E-state index >= 15 is 0 Å². The van der Waals surface area contributed by atoms with Gasteiger partial charge in [0, 0.05) is 11.2 Å². The number of anilines is 1. The third-order valence-electron chi connectivity index (χ3n) is 3.73. The first-order chi connectivity index (χ1) is 8.90. The van der Waals surface area contributed by atoms with Crippen molar-refractivity contribution >= 4 is 15.5 Å². The van der Waals surface area contributed by atoms with Gasteiger partial charge in [0.2, 0.25) is 0 Å². The second kappa shape index (κ2) is 5.51. The molecule has 0 spiro atoms. The van der Waals surface area contributed by atoms with Crippen LogP contribution in [0.25, 0.3) is 0 Å². The molecule has 106 valence electrons. The van der Waals surface area contributed by atoms with Crippen LogP contribution in [0.5, 0.6) is 0 Å². The quantitative estimate of drug-likeness (QED) is 0.632. The van der Waals surface area contributed by atoms with E-state index in [1.54, 1.807) is 0 Å². The first-order valence-electron chi connectivity index (χ1n) is 6.69. The average Bonchev–Trinajstić information content (AvgIpc) is 2.62. The van der Waals surface area contributed by atoms with Gasteiger partial charge in [-0.05, 0) is 44.4 Å². The summed E-state index contributed by atoms with van der Waals surface area (Å²) in [5, 5.41) is 3.38. The van der Waals surface area contributed by atoms with Crippen molar-refractivity contribution in [3.8, 4) is 0 Å². The minimum absolute atomic E-state index is 0.249. The van der Waals surface area contributed by atoms with Crippen molar-refractivity contribution < 1.29 is 8.42 Å². The molecule has 1 aliphatic rings. The fraction of sp³-hybridized carbons (Fsp3) is 0.571. The van der Waals surface area contributed by atoms with Gasteiger partial charge >= 0.3 is 0 Å². The van der Waals surface area contributed by atoms with Crippen molar-refractivity contribution in [1.29, 1.82) is 0 Å². The zero-order chi connectivity index (χ0) is 13.9. The van der Waals surface area contributed by atoms with Crippen LogP contribution in [0.3, 0.4) is 0 Å². The lowest BCUT2D eigenvalue weighted by Gasteiger charge is -2.24. The number of hydrogen-bond acceptors (Lipinski definition) is 4. The molecule has 3 N–H and O–H groups in total. The average molecular weight is 282 g/mol. The molecule has 1 fully saturated rings. The summed E-state index contributed by atoms with van der Waals surface area (Å²) in [5.74, 6) is 0.565. The molecule has 0 amide bonds.